The molecule has 6 nitrogen and oxygen atoms in total. The van der Waals surface area contributed by atoms with Crippen molar-refractivity contribution in [3.63, 3.8) is 0 Å². The molecule has 1 fully saturated rings. The van der Waals surface area contributed by atoms with Gasteiger partial charge in [0.25, 0.3) is 0 Å². The van der Waals surface area contributed by atoms with Crippen molar-refractivity contribution in [1.82, 2.24) is 10.2 Å². The van der Waals surface area contributed by atoms with E-state index in [0.717, 1.165) is 32.5 Å². The molecule has 2 aromatic carbocycles. The molecule has 0 atom stereocenters. The molecule has 1 amide bonds. The van der Waals surface area contributed by atoms with E-state index in [-0.39, 0.29) is 29.6 Å². The number of rotatable bonds is 5. The van der Waals surface area contributed by atoms with Crippen molar-refractivity contribution >= 4 is 11.6 Å². The number of carbonyl (C=O) groups is 1. The summed E-state index contributed by atoms with van der Waals surface area (Å²) in [4.78, 5) is 36.8. The van der Waals surface area contributed by atoms with Crippen LogP contribution in [-0.4, -0.2) is 29.9 Å². The third kappa shape index (κ3) is 3.54. The van der Waals surface area contributed by atoms with Crippen molar-refractivity contribution in [2.24, 2.45) is 0 Å². The summed E-state index contributed by atoms with van der Waals surface area (Å²) in [5, 5.41) is 2.94. The predicted molar refractivity (Wildman–Crippen MR) is 92.4 cm³/mol. The Labute approximate surface area is 140 Å². The molecule has 6 heteroatoms. The van der Waals surface area contributed by atoms with Crippen molar-refractivity contribution in [1.29, 1.82) is 0 Å². The van der Waals surface area contributed by atoms with Gasteiger partial charge in [-0.2, -0.15) is 0 Å². The molecule has 1 aliphatic heterocycles. The first-order valence-electron chi connectivity index (χ1n) is 8.18. The highest BCUT2D eigenvalue weighted by Crippen LogP contribution is 2.14. The maximum atomic E-state index is 12.0. The van der Waals surface area contributed by atoms with E-state index in [1.165, 1.54) is 5.56 Å². The Bertz CT molecular complexity index is 786. The van der Waals surface area contributed by atoms with E-state index in [2.05, 4.69) is 22.3 Å². The number of benzene rings is 1. The van der Waals surface area contributed by atoms with Gasteiger partial charge in [-0.1, -0.05) is 30.3 Å². The summed E-state index contributed by atoms with van der Waals surface area (Å²) in [7, 11) is 0. The van der Waals surface area contributed by atoms with Crippen molar-refractivity contribution in [2.75, 3.05) is 18.8 Å². The monoisotopic (exact) mass is 327 g/mol. The lowest BCUT2D eigenvalue weighted by molar-refractivity contribution is -0.121. The Morgan fingerprint density at radius 2 is 1.79 bits per heavy atom. The molecule has 0 spiro atoms. The first-order valence-corrected chi connectivity index (χ1v) is 8.18. The fraction of sp³-hybridized carbons (Fsp3) is 0.389. The summed E-state index contributed by atoms with van der Waals surface area (Å²) < 4.78 is 0. The van der Waals surface area contributed by atoms with Crippen LogP contribution in [0.5, 0.6) is 0 Å². The van der Waals surface area contributed by atoms with Crippen LogP contribution in [0.4, 0.5) is 5.69 Å². The SMILES string of the molecule is Nc1c(CC(=O)NC2CCN(Cc3ccccc3)CC2)c(=O)c1=O. The number of likely N-dealkylation sites (tertiary alicyclic amines) is 1. The molecule has 1 saturated heterocycles. The molecule has 24 heavy (non-hydrogen) atoms. The number of carbonyl (C=O) groups excluding carboxylic acids is 1. The lowest BCUT2D eigenvalue weighted by atomic mass is 10.0. The van der Waals surface area contributed by atoms with Gasteiger partial charge in [-0.15, -0.1) is 0 Å². The second-order valence-electron chi connectivity index (χ2n) is 6.33. The van der Waals surface area contributed by atoms with Crippen molar-refractivity contribution < 1.29 is 4.79 Å². The number of nitrogens with zero attached hydrogens (tertiary/aromatic N) is 1. The molecular weight excluding hydrogens is 306 g/mol. The van der Waals surface area contributed by atoms with Crippen molar-refractivity contribution in [2.45, 2.75) is 31.8 Å². The fourth-order valence-corrected chi connectivity index (χ4v) is 3.15. The molecule has 0 saturated carbocycles. The minimum Gasteiger partial charge on any atom is -0.395 e. The average Bonchev–Trinajstić information content (AvgIpc) is 2.61. The van der Waals surface area contributed by atoms with Crippen LogP contribution < -0.4 is 21.9 Å². The molecular formula is C18H21N3O3. The molecule has 2 aromatic rings. The molecule has 0 aliphatic carbocycles. The second kappa shape index (κ2) is 6.97. The van der Waals surface area contributed by atoms with E-state index in [1.54, 1.807) is 0 Å². The van der Waals surface area contributed by atoms with Gasteiger partial charge in [0.15, 0.2) is 0 Å². The molecule has 0 bridgehead atoms. The van der Waals surface area contributed by atoms with E-state index < -0.39 is 10.9 Å². The van der Waals surface area contributed by atoms with Gasteiger partial charge >= 0.3 is 0 Å². The third-order valence-corrected chi connectivity index (χ3v) is 4.59. The summed E-state index contributed by atoms with van der Waals surface area (Å²) in [5.41, 5.74) is 5.53. The van der Waals surface area contributed by atoms with Crippen LogP contribution >= 0.6 is 0 Å². The normalized spacial score (nSPS) is 16.3. The number of nitrogen functional groups attached to an aromatic ring is 1. The lowest BCUT2D eigenvalue weighted by Gasteiger charge is -2.32. The van der Waals surface area contributed by atoms with Crippen LogP contribution in [0, 0.1) is 0 Å². The fourth-order valence-electron chi connectivity index (χ4n) is 3.15. The summed E-state index contributed by atoms with van der Waals surface area (Å²) in [5.74, 6) is -0.240. The molecule has 0 unspecified atom stereocenters. The van der Waals surface area contributed by atoms with Gasteiger partial charge in [-0.25, -0.2) is 0 Å². The van der Waals surface area contributed by atoms with Gasteiger partial charge in [-0.3, -0.25) is 19.3 Å². The van der Waals surface area contributed by atoms with Crippen molar-refractivity contribution in [3.8, 4) is 0 Å². The number of piperidine rings is 1. The molecule has 1 aliphatic rings. The Morgan fingerprint density at radius 3 is 2.42 bits per heavy atom. The van der Waals surface area contributed by atoms with Gasteiger partial charge in [0.2, 0.25) is 16.8 Å². The molecule has 0 radical (unpaired) electrons. The molecule has 0 aromatic heterocycles. The van der Waals surface area contributed by atoms with Crippen LogP contribution in [0.3, 0.4) is 0 Å². The van der Waals surface area contributed by atoms with Gasteiger partial charge in [0.1, 0.15) is 0 Å². The molecule has 126 valence electrons. The van der Waals surface area contributed by atoms with Gasteiger partial charge in [0.05, 0.1) is 12.1 Å². The van der Waals surface area contributed by atoms with Crippen LogP contribution in [0.25, 0.3) is 0 Å². The standard InChI is InChI=1S/C18H21N3O3/c19-16-14(17(23)18(16)24)10-15(22)20-13-6-8-21(9-7-13)11-12-4-2-1-3-5-12/h1-5,13H,6-11,19H2,(H,20,22). The van der Waals surface area contributed by atoms with Crippen molar-refractivity contribution in [3.05, 3.63) is 61.9 Å². The second-order valence-corrected chi connectivity index (χ2v) is 6.33. The van der Waals surface area contributed by atoms with Crippen LogP contribution in [-0.2, 0) is 17.8 Å². The first-order chi connectivity index (χ1) is 11.5. The Balaban J connectivity index is 1.44. The summed E-state index contributed by atoms with van der Waals surface area (Å²) >= 11 is 0. The minimum atomic E-state index is -0.674. The Kier molecular flexibility index (Phi) is 4.76. The van der Waals surface area contributed by atoms with E-state index in [4.69, 9.17) is 5.73 Å². The lowest BCUT2D eigenvalue weighted by Crippen LogP contribution is -2.46. The van der Waals surface area contributed by atoms with E-state index in [1.807, 2.05) is 18.2 Å². The quantitative estimate of drug-likeness (QED) is 0.765. The summed E-state index contributed by atoms with van der Waals surface area (Å²) in [6.45, 7) is 2.76. The maximum Gasteiger partial charge on any atom is 0.249 e. The zero-order valence-corrected chi connectivity index (χ0v) is 13.5. The molecule has 3 rings (SSSR count). The number of anilines is 1. The third-order valence-electron chi connectivity index (χ3n) is 4.59. The number of nitrogens with one attached hydrogen (secondary N) is 1. The summed E-state index contributed by atoms with van der Waals surface area (Å²) in [6.07, 6.45) is 1.65. The topological polar surface area (TPSA) is 92.5 Å². The Hall–Kier alpha value is -2.47. The first kappa shape index (κ1) is 16.4. The molecule has 1 heterocycles. The predicted octanol–water partition coefficient (Wildman–Crippen LogP) is 0.188. The zero-order chi connectivity index (χ0) is 17.1. The van der Waals surface area contributed by atoms with Crippen LogP contribution in [0.1, 0.15) is 24.0 Å². The van der Waals surface area contributed by atoms with Gasteiger partial charge in [-0.05, 0) is 18.4 Å². The highest BCUT2D eigenvalue weighted by Gasteiger charge is 2.24. The number of hydrogen-bond acceptors (Lipinski definition) is 5. The highest BCUT2D eigenvalue weighted by molar-refractivity contribution is 5.81. The van der Waals surface area contributed by atoms with E-state index >= 15 is 0 Å². The average molecular weight is 327 g/mol. The number of amides is 1. The number of nitrogens with two attached hydrogens (primary N) is 1. The van der Waals surface area contributed by atoms with Crippen LogP contribution in [0.15, 0.2) is 39.9 Å². The minimum absolute atomic E-state index is 0.0622. The smallest absolute Gasteiger partial charge is 0.249 e. The largest absolute Gasteiger partial charge is 0.395 e. The van der Waals surface area contributed by atoms with Crippen LogP contribution in [0.2, 0.25) is 0 Å². The zero-order valence-electron chi connectivity index (χ0n) is 13.5. The Morgan fingerprint density at radius 1 is 1.12 bits per heavy atom. The van der Waals surface area contributed by atoms with Gasteiger partial charge in [0, 0.05) is 31.2 Å². The molecule has 3 N–H and O–H groups in total. The summed E-state index contributed by atoms with van der Waals surface area (Å²) in [6, 6.07) is 10.4. The highest BCUT2D eigenvalue weighted by atomic mass is 16.2. The van der Waals surface area contributed by atoms with E-state index in [9.17, 15) is 14.4 Å². The van der Waals surface area contributed by atoms with E-state index in [0.29, 0.717) is 0 Å². The number of hydrogen-bond donors (Lipinski definition) is 2. The van der Waals surface area contributed by atoms with Gasteiger partial charge < -0.3 is 11.1 Å². The maximum absolute atomic E-state index is 12.0.